The minimum Gasteiger partial charge on any atom is -0.365 e. The number of alkyl halides is 3. The molecule has 0 fully saturated rings. The quantitative estimate of drug-likeness (QED) is 0.671. The summed E-state index contributed by atoms with van der Waals surface area (Å²) in [5.74, 6) is -1.11. The van der Waals surface area contributed by atoms with E-state index < -0.39 is 23.5 Å². The molecule has 0 spiro atoms. The van der Waals surface area contributed by atoms with Crippen LogP contribution in [0.1, 0.15) is 43.6 Å². The second kappa shape index (κ2) is 7.98. The van der Waals surface area contributed by atoms with E-state index in [1.54, 1.807) is 0 Å². The van der Waals surface area contributed by atoms with Crippen LogP contribution in [-0.4, -0.2) is 18.0 Å². The highest BCUT2D eigenvalue weighted by Crippen LogP contribution is 2.37. The van der Waals surface area contributed by atoms with Gasteiger partial charge in [-0.3, -0.25) is 4.79 Å². The van der Waals surface area contributed by atoms with Gasteiger partial charge in [-0.15, -0.1) is 0 Å². The molecule has 2 aromatic rings. The van der Waals surface area contributed by atoms with E-state index in [0.29, 0.717) is 5.69 Å². The Balaban J connectivity index is 2.49. The van der Waals surface area contributed by atoms with Gasteiger partial charge in [0, 0.05) is 17.6 Å². The average molecular weight is 382 g/mol. The van der Waals surface area contributed by atoms with Gasteiger partial charge in [-0.05, 0) is 70.2 Å². The van der Waals surface area contributed by atoms with Crippen molar-refractivity contribution in [3.63, 3.8) is 0 Å². The zero-order chi connectivity index (χ0) is 20.4. The molecule has 27 heavy (non-hydrogen) atoms. The van der Waals surface area contributed by atoms with E-state index >= 15 is 0 Å². The Bertz CT molecular complexity index is 791. The van der Waals surface area contributed by atoms with Crippen LogP contribution in [-0.2, 0) is 6.18 Å². The third-order valence-corrected chi connectivity index (χ3v) is 4.07. The van der Waals surface area contributed by atoms with Crippen molar-refractivity contribution < 1.29 is 22.4 Å². The maximum absolute atomic E-state index is 13.2. The van der Waals surface area contributed by atoms with E-state index in [1.165, 1.54) is 18.2 Å². The van der Waals surface area contributed by atoms with Crippen molar-refractivity contribution in [1.82, 2.24) is 0 Å². The van der Waals surface area contributed by atoms with Gasteiger partial charge in [0.05, 0.1) is 16.9 Å². The highest BCUT2D eigenvalue weighted by Gasteiger charge is 2.32. The summed E-state index contributed by atoms with van der Waals surface area (Å²) in [5, 5.41) is 2.55. The normalized spacial score (nSPS) is 11.8. The minimum atomic E-state index is -4.53. The molecule has 0 unspecified atom stereocenters. The summed E-state index contributed by atoms with van der Waals surface area (Å²) in [6.07, 6.45) is -4.53. The third-order valence-electron chi connectivity index (χ3n) is 4.07. The summed E-state index contributed by atoms with van der Waals surface area (Å²) < 4.78 is 52.5. The molecule has 0 radical (unpaired) electrons. The topological polar surface area (TPSA) is 32.3 Å². The summed E-state index contributed by atoms with van der Waals surface area (Å²) in [4.78, 5) is 14.4. The molecule has 0 bridgehead atoms. The zero-order valence-electron chi connectivity index (χ0n) is 15.6. The highest BCUT2D eigenvalue weighted by molar-refractivity contribution is 6.06. The predicted octanol–water partition coefficient (Wildman–Crippen LogP) is 5.72. The Hall–Kier alpha value is -2.57. The number of nitrogens with one attached hydrogen (secondary N) is 1. The van der Waals surface area contributed by atoms with Crippen molar-refractivity contribution in [2.75, 3.05) is 10.2 Å². The number of halogens is 4. The summed E-state index contributed by atoms with van der Waals surface area (Å²) in [6, 6.07) is 8.10. The number of carbonyl (C=O) groups excluding carboxylic acids is 1. The van der Waals surface area contributed by atoms with Gasteiger partial charge >= 0.3 is 6.18 Å². The van der Waals surface area contributed by atoms with Crippen molar-refractivity contribution in [2.24, 2.45) is 0 Å². The first-order chi connectivity index (χ1) is 12.5. The molecule has 1 amide bonds. The van der Waals surface area contributed by atoms with E-state index in [4.69, 9.17) is 0 Å². The number of carbonyl (C=O) groups is 1. The SMILES string of the molecule is CC(C)N(c1ccc(C(F)(F)F)cc1NC(=O)c1ccc(F)cc1)C(C)C. The molecule has 0 aromatic heterocycles. The largest absolute Gasteiger partial charge is 0.416 e. The molecule has 0 aliphatic heterocycles. The van der Waals surface area contributed by atoms with Crippen molar-refractivity contribution >= 4 is 17.3 Å². The average Bonchev–Trinajstić information content (AvgIpc) is 2.55. The Kier molecular flexibility index (Phi) is 6.13. The van der Waals surface area contributed by atoms with E-state index in [9.17, 15) is 22.4 Å². The second-order valence-electron chi connectivity index (χ2n) is 6.79. The lowest BCUT2D eigenvalue weighted by molar-refractivity contribution is -0.137. The van der Waals surface area contributed by atoms with E-state index in [-0.39, 0.29) is 23.3 Å². The maximum atomic E-state index is 13.2. The first-order valence-electron chi connectivity index (χ1n) is 8.57. The molecule has 2 rings (SSSR count). The molecule has 0 heterocycles. The van der Waals surface area contributed by atoms with Crippen LogP contribution in [0.5, 0.6) is 0 Å². The lowest BCUT2D eigenvalue weighted by Gasteiger charge is -2.35. The lowest BCUT2D eigenvalue weighted by Crippen LogP contribution is -2.37. The Morgan fingerprint density at radius 3 is 2.00 bits per heavy atom. The minimum absolute atomic E-state index is 0.00297. The summed E-state index contributed by atoms with van der Waals surface area (Å²) in [6.45, 7) is 7.68. The van der Waals surface area contributed by atoms with Gasteiger partial charge in [-0.1, -0.05) is 0 Å². The van der Waals surface area contributed by atoms with Crippen LogP contribution in [0.15, 0.2) is 42.5 Å². The van der Waals surface area contributed by atoms with Gasteiger partial charge < -0.3 is 10.2 Å². The van der Waals surface area contributed by atoms with Gasteiger partial charge in [0.1, 0.15) is 5.82 Å². The number of hydrogen-bond donors (Lipinski definition) is 1. The standard InChI is InChI=1S/C20H22F4N2O/c1-12(2)26(13(3)4)18-10-7-15(20(22,23)24)11-17(18)25-19(27)14-5-8-16(21)9-6-14/h5-13H,1-4H3,(H,25,27). The van der Waals surface area contributed by atoms with Crippen molar-refractivity contribution in [1.29, 1.82) is 0 Å². The number of amides is 1. The van der Waals surface area contributed by atoms with Crippen molar-refractivity contribution in [2.45, 2.75) is 46.0 Å². The van der Waals surface area contributed by atoms with Gasteiger partial charge in [-0.25, -0.2) is 4.39 Å². The predicted molar refractivity (Wildman–Crippen MR) is 98.5 cm³/mol. The first-order valence-corrected chi connectivity index (χ1v) is 8.57. The summed E-state index contributed by atoms with van der Waals surface area (Å²) in [7, 11) is 0. The van der Waals surface area contributed by atoms with Gasteiger partial charge in [0.25, 0.3) is 5.91 Å². The molecule has 1 N–H and O–H groups in total. The van der Waals surface area contributed by atoms with Gasteiger partial charge in [0.15, 0.2) is 0 Å². The molecule has 3 nitrogen and oxygen atoms in total. The van der Waals surface area contributed by atoms with Gasteiger partial charge in [0.2, 0.25) is 0 Å². The molecule has 0 saturated carbocycles. The zero-order valence-corrected chi connectivity index (χ0v) is 15.6. The molecule has 0 aliphatic carbocycles. The van der Waals surface area contributed by atoms with Crippen LogP contribution in [0.2, 0.25) is 0 Å². The van der Waals surface area contributed by atoms with Gasteiger partial charge in [-0.2, -0.15) is 13.2 Å². The molecule has 146 valence electrons. The number of rotatable bonds is 5. The van der Waals surface area contributed by atoms with Crippen molar-refractivity contribution in [3.05, 3.63) is 59.4 Å². The second-order valence-corrected chi connectivity index (χ2v) is 6.79. The molecular weight excluding hydrogens is 360 g/mol. The van der Waals surface area contributed by atoms with E-state index in [2.05, 4.69) is 5.32 Å². The molecular formula is C20H22F4N2O. The molecule has 0 atom stereocenters. The fourth-order valence-corrected chi connectivity index (χ4v) is 2.99. The number of nitrogens with zero attached hydrogens (tertiary/aromatic N) is 1. The fourth-order valence-electron chi connectivity index (χ4n) is 2.99. The van der Waals surface area contributed by atoms with Crippen LogP contribution in [0.4, 0.5) is 28.9 Å². The number of anilines is 2. The Morgan fingerprint density at radius 1 is 0.963 bits per heavy atom. The van der Waals surface area contributed by atoms with Crippen LogP contribution >= 0.6 is 0 Å². The van der Waals surface area contributed by atoms with Crippen molar-refractivity contribution in [3.8, 4) is 0 Å². The van der Waals surface area contributed by atoms with E-state index in [1.807, 2.05) is 32.6 Å². The first kappa shape index (κ1) is 20.7. The molecule has 0 saturated heterocycles. The smallest absolute Gasteiger partial charge is 0.365 e. The van der Waals surface area contributed by atoms with E-state index in [0.717, 1.165) is 24.3 Å². The lowest BCUT2D eigenvalue weighted by atomic mass is 10.1. The highest BCUT2D eigenvalue weighted by atomic mass is 19.4. The van der Waals surface area contributed by atoms with Crippen LogP contribution in [0.25, 0.3) is 0 Å². The number of hydrogen-bond acceptors (Lipinski definition) is 2. The number of benzene rings is 2. The maximum Gasteiger partial charge on any atom is 0.416 e. The van der Waals surface area contributed by atoms with Crippen LogP contribution in [0, 0.1) is 5.82 Å². The van der Waals surface area contributed by atoms with Crippen LogP contribution in [0.3, 0.4) is 0 Å². The molecule has 0 aliphatic rings. The molecule has 2 aromatic carbocycles. The molecule has 7 heteroatoms. The third kappa shape index (κ3) is 4.99. The fraction of sp³-hybridized carbons (Fsp3) is 0.350. The summed E-state index contributed by atoms with van der Waals surface area (Å²) >= 11 is 0. The van der Waals surface area contributed by atoms with Crippen LogP contribution < -0.4 is 10.2 Å². The Morgan fingerprint density at radius 2 is 1.52 bits per heavy atom. The monoisotopic (exact) mass is 382 g/mol. The summed E-state index contributed by atoms with van der Waals surface area (Å²) in [5.41, 5.74) is -0.154. The Labute approximate surface area is 156 Å².